The van der Waals surface area contributed by atoms with Crippen LogP contribution in [-0.2, 0) is 6.42 Å². The Balaban J connectivity index is 1.98. The second kappa shape index (κ2) is 4.82. The average molecular weight is 269 g/mol. The zero-order valence-electron chi connectivity index (χ0n) is 10.0. The molecule has 0 amide bonds. The molecule has 1 N–H and O–H groups in total. The highest BCUT2D eigenvalue weighted by molar-refractivity contribution is 7.13. The third-order valence-corrected chi connectivity index (χ3v) is 3.97. The van der Waals surface area contributed by atoms with Gasteiger partial charge in [-0.1, -0.05) is 42.5 Å². The van der Waals surface area contributed by atoms with Gasteiger partial charge in [0.25, 0.3) is 0 Å². The molecule has 0 bridgehead atoms. The number of hydrogen-bond acceptors (Lipinski definition) is 3. The van der Waals surface area contributed by atoms with Crippen molar-refractivity contribution in [2.24, 2.45) is 0 Å². The fourth-order valence-corrected chi connectivity index (χ4v) is 2.88. The molecule has 0 radical (unpaired) electrons. The predicted molar refractivity (Wildman–Crippen MR) is 75.8 cm³/mol. The molecule has 2 aromatic carbocycles. The second-order valence-corrected chi connectivity index (χ2v) is 5.35. The van der Waals surface area contributed by atoms with Crippen LogP contribution >= 0.6 is 11.3 Å². The smallest absolute Gasteiger partial charge is 0.347 e. The van der Waals surface area contributed by atoms with Crippen LogP contribution < -0.4 is 0 Å². The van der Waals surface area contributed by atoms with Gasteiger partial charge in [0, 0.05) is 6.42 Å². The Morgan fingerprint density at radius 2 is 1.95 bits per heavy atom. The van der Waals surface area contributed by atoms with Gasteiger partial charge in [0.15, 0.2) is 0 Å². The van der Waals surface area contributed by atoms with Crippen LogP contribution in [0.5, 0.6) is 0 Å². The van der Waals surface area contributed by atoms with Crippen molar-refractivity contribution < 1.29 is 9.90 Å². The number of carboxylic acid groups (broad SMARTS) is 1. The molecule has 0 aliphatic heterocycles. The van der Waals surface area contributed by atoms with Gasteiger partial charge in [-0.3, -0.25) is 0 Å². The first kappa shape index (κ1) is 11.9. The van der Waals surface area contributed by atoms with Gasteiger partial charge >= 0.3 is 5.97 Å². The van der Waals surface area contributed by atoms with E-state index in [0.29, 0.717) is 6.42 Å². The Morgan fingerprint density at radius 3 is 2.74 bits per heavy atom. The van der Waals surface area contributed by atoms with Crippen LogP contribution in [0.1, 0.15) is 20.2 Å². The average Bonchev–Trinajstić information content (AvgIpc) is 2.88. The Labute approximate surface area is 114 Å². The van der Waals surface area contributed by atoms with Gasteiger partial charge in [-0.05, 0) is 16.3 Å². The van der Waals surface area contributed by atoms with Crippen molar-refractivity contribution in [1.82, 2.24) is 4.98 Å². The van der Waals surface area contributed by atoms with E-state index in [1.54, 1.807) is 0 Å². The van der Waals surface area contributed by atoms with E-state index in [0.717, 1.165) is 5.01 Å². The summed E-state index contributed by atoms with van der Waals surface area (Å²) in [7, 11) is 0. The van der Waals surface area contributed by atoms with E-state index in [-0.39, 0.29) is 4.88 Å². The molecule has 0 saturated carbocycles. The van der Waals surface area contributed by atoms with Gasteiger partial charge in [0.05, 0.1) is 11.2 Å². The number of hydrogen-bond donors (Lipinski definition) is 1. The zero-order valence-corrected chi connectivity index (χ0v) is 10.9. The van der Waals surface area contributed by atoms with Crippen molar-refractivity contribution in [2.75, 3.05) is 0 Å². The highest BCUT2D eigenvalue weighted by Gasteiger charge is 2.10. The molecule has 94 valence electrons. The van der Waals surface area contributed by atoms with Gasteiger partial charge in [-0.25, -0.2) is 9.78 Å². The summed E-state index contributed by atoms with van der Waals surface area (Å²) in [6.07, 6.45) is 2.09. The molecule has 3 aromatic rings. The van der Waals surface area contributed by atoms with E-state index in [4.69, 9.17) is 5.11 Å². The summed E-state index contributed by atoms with van der Waals surface area (Å²) >= 11 is 1.23. The molecule has 3 rings (SSSR count). The molecule has 0 aliphatic rings. The lowest BCUT2D eigenvalue weighted by molar-refractivity contribution is 0.0702. The summed E-state index contributed by atoms with van der Waals surface area (Å²) in [4.78, 5) is 15.3. The van der Waals surface area contributed by atoms with Crippen molar-refractivity contribution in [3.05, 3.63) is 64.1 Å². The topological polar surface area (TPSA) is 50.2 Å². The Morgan fingerprint density at radius 1 is 1.16 bits per heavy atom. The van der Waals surface area contributed by atoms with E-state index in [2.05, 4.69) is 29.2 Å². The quantitative estimate of drug-likeness (QED) is 0.790. The minimum Gasteiger partial charge on any atom is -0.477 e. The molecule has 19 heavy (non-hydrogen) atoms. The number of carbonyl (C=O) groups is 1. The molecule has 0 atom stereocenters. The Kier molecular flexibility index (Phi) is 3.01. The number of aromatic carboxylic acids is 1. The Bertz CT molecular complexity index is 743. The summed E-state index contributed by atoms with van der Waals surface area (Å²) in [5.74, 6) is -0.915. The van der Waals surface area contributed by atoms with Gasteiger partial charge < -0.3 is 5.11 Å². The maximum absolute atomic E-state index is 10.8. The fourth-order valence-electron chi connectivity index (χ4n) is 2.10. The molecule has 1 heterocycles. The summed E-state index contributed by atoms with van der Waals surface area (Å²) in [5.41, 5.74) is 1.17. The van der Waals surface area contributed by atoms with Crippen LogP contribution in [0.2, 0.25) is 0 Å². The largest absolute Gasteiger partial charge is 0.477 e. The molecular weight excluding hydrogens is 258 g/mol. The van der Waals surface area contributed by atoms with Crippen molar-refractivity contribution in [3.8, 4) is 0 Å². The first-order valence-corrected chi connectivity index (χ1v) is 6.70. The van der Waals surface area contributed by atoms with Crippen molar-refractivity contribution in [3.63, 3.8) is 0 Å². The highest BCUT2D eigenvalue weighted by Crippen LogP contribution is 2.23. The summed E-state index contributed by atoms with van der Waals surface area (Å²) in [5, 5.41) is 12.1. The molecule has 0 aliphatic carbocycles. The normalized spacial score (nSPS) is 10.7. The van der Waals surface area contributed by atoms with Gasteiger partial charge in [-0.2, -0.15) is 0 Å². The van der Waals surface area contributed by atoms with Crippen LogP contribution in [-0.4, -0.2) is 16.1 Å². The second-order valence-electron chi connectivity index (χ2n) is 4.24. The van der Waals surface area contributed by atoms with Crippen LogP contribution in [0, 0.1) is 0 Å². The maximum atomic E-state index is 10.8. The van der Waals surface area contributed by atoms with Gasteiger partial charge in [-0.15, -0.1) is 11.3 Å². The minimum atomic E-state index is -0.915. The lowest BCUT2D eigenvalue weighted by Crippen LogP contribution is -1.90. The molecule has 0 fully saturated rings. The van der Waals surface area contributed by atoms with E-state index < -0.39 is 5.97 Å². The van der Waals surface area contributed by atoms with Crippen LogP contribution in [0.3, 0.4) is 0 Å². The minimum absolute atomic E-state index is 0.287. The first-order valence-electron chi connectivity index (χ1n) is 5.88. The Hall–Kier alpha value is -2.20. The van der Waals surface area contributed by atoms with Crippen LogP contribution in [0.4, 0.5) is 0 Å². The number of fused-ring (bicyclic) bond motifs is 1. The number of benzene rings is 2. The first-order chi connectivity index (χ1) is 9.24. The summed E-state index contributed by atoms with van der Waals surface area (Å²) < 4.78 is 0. The molecule has 0 spiro atoms. The van der Waals surface area contributed by atoms with Crippen molar-refractivity contribution in [1.29, 1.82) is 0 Å². The van der Waals surface area contributed by atoms with Crippen LogP contribution in [0.15, 0.2) is 48.7 Å². The lowest BCUT2D eigenvalue weighted by atomic mass is 10.0. The van der Waals surface area contributed by atoms with Gasteiger partial charge in [0.2, 0.25) is 0 Å². The third kappa shape index (κ3) is 2.35. The number of rotatable bonds is 3. The number of thiazole rings is 1. The predicted octanol–water partition coefficient (Wildman–Crippen LogP) is 3.59. The SMILES string of the molecule is O=C(O)c1cnc(Cc2cccc3ccccc23)s1. The molecule has 1 aromatic heterocycles. The number of nitrogens with zero attached hydrogens (tertiary/aromatic N) is 1. The molecular formula is C15H11NO2S. The summed E-state index contributed by atoms with van der Waals surface area (Å²) in [6, 6.07) is 14.3. The van der Waals surface area contributed by atoms with Crippen LogP contribution in [0.25, 0.3) is 10.8 Å². The molecule has 3 nitrogen and oxygen atoms in total. The molecule has 0 unspecified atom stereocenters. The van der Waals surface area contributed by atoms with E-state index in [1.165, 1.54) is 33.9 Å². The molecule has 0 saturated heterocycles. The third-order valence-electron chi connectivity index (χ3n) is 2.99. The van der Waals surface area contributed by atoms with Crippen molar-refractivity contribution in [2.45, 2.75) is 6.42 Å². The number of aromatic nitrogens is 1. The van der Waals surface area contributed by atoms with E-state index >= 15 is 0 Å². The highest BCUT2D eigenvalue weighted by atomic mass is 32.1. The molecule has 4 heteroatoms. The zero-order chi connectivity index (χ0) is 13.2. The fraction of sp³-hybridized carbons (Fsp3) is 0.0667. The maximum Gasteiger partial charge on any atom is 0.347 e. The lowest BCUT2D eigenvalue weighted by Gasteiger charge is -2.04. The monoisotopic (exact) mass is 269 g/mol. The van der Waals surface area contributed by atoms with E-state index in [1.807, 2.05) is 18.2 Å². The summed E-state index contributed by atoms with van der Waals surface area (Å²) in [6.45, 7) is 0. The van der Waals surface area contributed by atoms with Gasteiger partial charge in [0.1, 0.15) is 4.88 Å². The number of carboxylic acids is 1. The van der Waals surface area contributed by atoms with Crippen molar-refractivity contribution >= 4 is 28.1 Å². The van der Waals surface area contributed by atoms with E-state index in [9.17, 15) is 4.79 Å². The standard InChI is InChI=1S/C15H11NO2S/c17-15(18)13-9-16-14(19-13)8-11-6-3-5-10-4-1-2-7-12(10)11/h1-7,9H,8H2,(H,17,18).